The number of sulfone groups is 1. The molecule has 1 atom stereocenters. The molecule has 0 saturated heterocycles. The van der Waals surface area contributed by atoms with Gasteiger partial charge >= 0.3 is 0 Å². The van der Waals surface area contributed by atoms with Crippen molar-refractivity contribution in [2.24, 2.45) is 0 Å². The van der Waals surface area contributed by atoms with Gasteiger partial charge in [-0.2, -0.15) is 0 Å². The first-order chi connectivity index (χ1) is 13.7. The van der Waals surface area contributed by atoms with Gasteiger partial charge in [-0.1, -0.05) is 0 Å². The summed E-state index contributed by atoms with van der Waals surface area (Å²) in [4.78, 5) is 9.32. The fraction of sp³-hybridized carbons (Fsp3) is 0.273. The van der Waals surface area contributed by atoms with E-state index in [1.807, 2.05) is 25.1 Å². The summed E-state index contributed by atoms with van der Waals surface area (Å²) < 4.78 is 23.2. The van der Waals surface area contributed by atoms with Gasteiger partial charge in [0.2, 0.25) is 0 Å². The molecule has 1 aliphatic rings. The Morgan fingerprint density at radius 1 is 1.14 bits per heavy atom. The van der Waals surface area contributed by atoms with Gasteiger partial charge in [0.15, 0.2) is 9.84 Å². The number of hydrogen-bond donors (Lipinski definition) is 2. The largest absolute Gasteiger partial charge is 0.386 e. The van der Waals surface area contributed by atoms with Crippen molar-refractivity contribution in [2.45, 2.75) is 36.7 Å². The van der Waals surface area contributed by atoms with Gasteiger partial charge in [-0.05, 0) is 74.2 Å². The summed E-state index contributed by atoms with van der Waals surface area (Å²) in [6, 6.07) is 10.4. The van der Waals surface area contributed by atoms with Crippen LogP contribution in [-0.4, -0.2) is 35.3 Å². The summed E-state index contributed by atoms with van der Waals surface area (Å²) in [5.74, 6) is 0.641. The van der Waals surface area contributed by atoms with Crippen molar-refractivity contribution < 1.29 is 13.5 Å². The highest BCUT2D eigenvalue weighted by atomic mass is 32.2. The predicted octanol–water partition coefficient (Wildman–Crippen LogP) is 4.10. The first-order valence-corrected chi connectivity index (χ1v) is 11.4. The maximum Gasteiger partial charge on any atom is 0.175 e. The number of fused-ring (bicyclic) bond motifs is 1. The zero-order chi connectivity index (χ0) is 20.6. The van der Waals surface area contributed by atoms with Gasteiger partial charge in [0.05, 0.1) is 16.2 Å². The van der Waals surface area contributed by atoms with E-state index in [-0.39, 0.29) is 4.90 Å². The molecule has 0 saturated carbocycles. The van der Waals surface area contributed by atoms with Crippen molar-refractivity contribution in [1.29, 1.82) is 0 Å². The highest BCUT2D eigenvalue weighted by Gasteiger charge is 2.24. The van der Waals surface area contributed by atoms with Gasteiger partial charge in [-0.15, -0.1) is 0 Å². The third-order valence-corrected chi connectivity index (χ3v) is 6.25. The van der Waals surface area contributed by atoms with E-state index >= 15 is 0 Å². The quantitative estimate of drug-likeness (QED) is 0.674. The molecule has 1 aliphatic carbocycles. The fourth-order valence-corrected chi connectivity index (χ4v) is 4.30. The second kappa shape index (κ2) is 7.24. The molecule has 7 heteroatoms. The number of anilines is 2. The van der Waals surface area contributed by atoms with Gasteiger partial charge in [-0.3, -0.25) is 4.98 Å². The molecule has 0 aliphatic heterocycles. The van der Waals surface area contributed by atoms with Gasteiger partial charge in [-0.25, -0.2) is 13.4 Å². The predicted molar refractivity (Wildman–Crippen MR) is 115 cm³/mol. The highest BCUT2D eigenvalue weighted by molar-refractivity contribution is 7.90. The van der Waals surface area contributed by atoms with E-state index in [1.165, 1.54) is 6.26 Å². The van der Waals surface area contributed by atoms with Crippen molar-refractivity contribution in [3.63, 3.8) is 0 Å². The molecule has 29 heavy (non-hydrogen) atoms. The minimum atomic E-state index is -3.23. The van der Waals surface area contributed by atoms with E-state index in [2.05, 4.69) is 15.3 Å². The molecular weight excluding hydrogens is 386 g/mol. The first-order valence-electron chi connectivity index (χ1n) is 9.48. The second-order valence-corrected chi connectivity index (χ2v) is 9.77. The number of nitrogens with zero attached hydrogens (tertiary/aromatic N) is 2. The molecule has 1 aromatic carbocycles. The SMILES string of the molecule is CC1(O)C=C(c2nccc3cnc(Nc4ccc(S(C)(=O)=O)cc4)cc23)CCC1. The minimum Gasteiger partial charge on any atom is -0.386 e. The van der Waals surface area contributed by atoms with Crippen molar-refractivity contribution in [3.05, 3.63) is 60.6 Å². The van der Waals surface area contributed by atoms with Crippen LogP contribution >= 0.6 is 0 Å². The molecule has 150 valence electrons. The average molecular weight is 410 g/mol. The number of rotatable bonds is 4. The van der Waals surface area contributed by atoms with Crippen LogP contribution in [0.2, 0.25) is 0 Å². The number of aromatic nitrogens is 2. The summed E-state index contributed by atoms with van der Waals surface area (Å²) in [5, 5.41) is 15.6. The molecule has 4 rings (SSSR count). The maximum atomic E-state index is 11.6. The van der Waals surface area contributed by atoms with Crippen LogP contribution < -0.4 is 5.32 Å². The lowest BCUT2D eigenvalue weighted by Gasteiger charge is -2.26. The number of hydrogen-bond acceptors (Lipinski definition) is 6. The number of nitrogens with one attached hydrogen (secondary N) is 1. The molecule has 0 spiro atoms. The zero-order valence-electron chi connectivity index (χ0n) is 16.4. The lowest BCUT2D eigenvalue weighted by molar-refractivity contribution is 0.0962. The summed E-state index contributed by atoms with van der Waals surface area (Å²) in [6.45, 7) is 1.83. The third kappa shape index (κ3) is 4.31. The molecule has 6 nitrogen and oxygen atoms in total. The molecule has 0 amide bonds. The molecule has 2 N–H and O–H groups in total. The van der Waals surface area contributed by atoms with Crippen LogP contribution in [0.3, 0.4) is 0 Å². The third-order valence-electron chi connectivity index (χ3n) is 5.12. The number of allylic oxidation sites excluding steroid dienone is 1. The van der Waals surface area contributed by atoms with E-state index in [1.54, 1.807) is 36.7 Å². The van der Waals surface area contributed by atoms with Crippen molar-refractivity contribution in [1.82, 2.24) is 9.97 Å². The molecule has 2 heterocycles. The Bertz CT molecular complexity index is 1200. The van der Waals surface area contributed by atoms with E-state index in [0.717, 1.165) is 47.0 Å². The summed E-state index contributed by atoms with van der Waals surface area (Å²) in [7, 11) is -3.23. The van der Waals surface area contributed by atoms with Gasteiger partial charge in [0.1, 0.15) is 5.82 Å². The van der Waals surface area contributed by atoms with Crippen molar-refractivity contribution in [3.8, 4) is 0 Å². The normalized spacial score (nSPS) is 19.8. The van der Waals surface area contributed by atoms with Gasteiger partial charge in [0.25, 0.3) is 0 Å². The Kier molecular flexibility index (Phi) is 4.88. The van der Waals surface area contributed by atoms with Crippen molar-refractivity contribution >= 4 is 37.7 Å². The number of benzene rings is 1. The average Bonchev–Trinajstić information content (AvgIpc) is 2.66. The van der Waals surface area contributed by atoms with E-state index in [4.69, 9.17) is 0 Å². The molecule has 0 bridgehead atoms. The fourth-order valence-electron chi connectivity index (χ4n) is 3.67. The number of aliphatic hydroxyl groups is 1. The van der Waals surface area contributed by atoms with E-state index < -0.39 is 15.4 Å². The molecule has 2 aromatic heterocycles. The van der Waals surface area contributed by atoms with Crippen molar-refractivity contribution in [2.75, 3.05) is 11.6 Å². The minimum absolute atomic E-state index is 0.275. The van der Waals surface area contributed by atoms with Crippen LogP contribution in [-0.2, 0) is 9.84 Å². The zero-order valence-corrected chi connectivity index (χ0v) is 17.2. The molecule has 1 unspecified atom stereocenters. The van der Waals surface area contributed by atoms with Crippen LogP contribution in [0, 0.1) is 0 Å². The van der Waals surface area contributed by atoms with E-state index in [0.29, 0.717) is 5.82 Å². The summed E-state index contributed by atoms with van der Waals surface area (Å²) in [6.07, 6.45) is 9.19. The lowest BCUT2D eigenvalue weighted by atomic mass is 9.86. The topological polar surface area (TPSA) is 92.2 Å². The van der Waals surface area contributed by atoms with Gasteiger partial charge < -0.3 is 10.4 Å². The monoisotopic (exact) mass is 409 g/mol. The Labute approximate surface area is 170 Å². The van der Waals surface area contributed by atoms with E-state index in [9.17, 15) is 13.5 Å². The lowest BCUT2D eigenvalue weighted by Crippen LogP contribution is -2.24. The van der Waals surface area contributed by atoms with Crippen LogP contribution in [0.25, 0.3) is 16.3 Å². The van der Waals surface area contributed by atoms with Crippen LogP contribution in [0.15, 0.2) is 59.8 Å². The Morgan fingerprint density at radius 2 is 1.90 bits per heavy atom. The molecule has 3 aromatic rings. The van der Waals surface area contributed by atoms with Gasteiger partial charge in [0, 0.05) is 35.1 Å². The Morgan fingerprint density at radius 3 is 2.59 bits per heavy atom. The summed E-state index contributed by atoms with van der Waals surface area (Å²) in [5.41, 5.74) is 1.84. The first kappa shape index (κ1) is 19.5. The standard InChI is InChI=1S/C22H23N3O3S/c1-22(26)10-3-4-15(13-22)21-19-12-20(24-14-16(19)9-11-23-21)25-17-5-7-18(8-6-17)29(2,27)28/h5-9,11-14,26H,3-4,10H2,1-2H3,(H,24,25). The second-order valence-electron chi connectivity index (χ2n) is 7.75. The molecule has 0 radical (unpaired) electrons. The smallest absolute Gasteiger partial charge is 0.175 e. The highest BCUT2D eigenvalue weighted by Crippen LogP contribution is 2.35. The van der Waals surface area contributed by atoms with Crippen LogP contribution in [0.1, 0.15) is 31.9 Å². The molecular formula is C22H23N3O3S. The Balaban J connectivity index is 1.70. The Hall–Kier alpha value is -2.77. The van der Waals surface area contributed by atoms with Crippen LogP contribution in [0.5, 0.6) is 0 Å². The maximum absolute atomic E-state index is 11.6. The summed E-state index contributed by atoms with van der Waals surface area (Å²) >= 11 is 0. The number of pyridine rings is 2. The molecule has 0 fully saturated rings. The van der Waals surface area contributed by atoms with Crippen LogP contribution in [0.4, 0.5) is 11.5 Å².